The van der Waals surface area contributed by atoms with E-state index >= 15 is 0 Å². The SMILES string of the molecule is O=C(O)c1ccc2nc(CN3CCC(Cc4cccc(COc5ccc(C6CC6)cc5Cl)n4)CC3)n(C[C@@H]3CCO3)c2c1. The number of ether oxygens (including phenoxy) is 2. The number of halogens is 1. The van der Waals surface area contributed by atoms with Gasteiger partial charge in [-0.1, -0.05) is 23.7 Å². The molecule has 224 valence electrons. The van der Waals surface area contributed by atoms with E-state index in [-0.39, 0.29) is 11.7 Å². The standard InChI is InChI=1S/C34H37ClN4O4/c35-29-17-24(23-4-5-23)7-9-32(29)43-21-27-3-1-2-26(36-27)16-22-10-13-38(14-11-22)20-33-37-30-8-6-25(34(40)41)18-31(30)39(33)19-28-12-15-42-28/h1-3,6-9,17-18,22-23,28H,4-5,10-16,19-21H2,(H,40,41)/t28-/m0/s1. The van der Waals surface area contributed by atoms with Gasteiger partial charge >= 0.3 is 5.97 Å². The predicted molar refractivity (Wildman–Crippen MR) is 165 cm³/mol. The average Bonchev–Trinajstić information content (AvgIpc) is 3.78. The Bertz CT molecular complexity index is 1620. The van der Waals surface area contributed by atoms with Crippen LogP contribution in [0.2, 0.25) is 5.02 Å². The summed E-state index contributed by atoms with van der Waals surface area (Å²) in [4.78, 5) is 23.9. The number of carboxylic acid groups (broad SMARTS) is 1. The van der Waals surface area contributed by atoms with Gasteiger partial charge in [-0.05, 0) is 111 Å². The highest BCUT2D eigenvalue weighted by atomic mass is 35.5. The minimum atomic E-state index is -0.923. The summed E-state index contributed by atoms with van der Waals surface area (Å²) in [6.45, 7) is 4.61. The molecule has 1 N–H and O–H groups in total. The van der Waals surface area contributed by atoms with Crippen LogP contribution in [0.3, 0.4) is 0 Å². The third kappa shape index (κ3) is 6.56. The minimum absolute atomic E-state index is 0.161. The maximum atomic E-state index is 11.6. The van der Waals surface area contributed by atoms with Gasteiger partial charge in [-0.15, -0.1) is 0 Å². The number of pyridine rings is 1. The number of likely N-dealkylation sites (tertiary alicyclic amines) is 1. The van der Waals surface area contributed by atoms with Crippen molar-refractivity contribution in [3.63, 3.8) is 0 Å². The molecule has 2 saturated heterocycles. The van der Waals surface area contributed by atoms with Gasteiger partial charge in [0.25, 0.3) is 0 Å². The van der Waals surface area contributed by atoms with Crippen molar-refractivity contribution in [1.82, 2.24) is 19.4 Å². The number of carboxylic acids is 1. The predicted octanol–water partition coefficient (Wildman–Crippen LogP) is 6.48. The Morgan fingerprint density at radius 1 is 1.00 bits per heavy atom. The lowest BCUT2D eigenvalue weighted by Crippen LogP contribution is -2.36. The lowest BCUT2D eigenvalue weighted by atomic mass is 9.92. The van der Waals surface area contributed by atoms with Gasteiger partial charge in [0.2, 0.25) is 0 Å². The van der Waals surface area contributed by atoms with Crippen molar-refractivity contribution in [2.45, 2.75) is 70.2 Å². The summed E-state index contributed by atoms with van der Waals surface area (Å²) < 4.78 is 13.9. The number of carbonyl (C=O) groups is 1. The summed E-state index contributed by atoms with van der Waals surface area (Å²) in [5.74, 6) is 2.00. The number of piperidine rings is 1. The second kappa shape index (κ2) is 12.3. The van der Waals surface area contributed by atoms with E-state index in [1.54, 1.807) is 12.1 Å². The molecule has 4 aromatic rings. The Balaban J connectivity index is 0.951. The zero-order chi connectivity index (χ0) is 29.3. The zero-order valence-corrected chi connectivity index (χ0v) is 25.0. The first-order valence-electron chi connectivity index (χ1n) is 15.4. The molecule has 9 heteroatoms. The number of hydrogen-bond acceptors (Lipinski definition) is 6. The van der Waals surface area contributed by atoms with Crippen molar-refractivity contribution in [2.24, 2.45) is 5.92 Å². The highest BCUT2D eigenvalue weighted by Gasteiger charge is 2.26. The van der Waals surface area contributed by atoms with E-state index in [4.69, 9.17) is 31.0 Å². The van der Waals surface area contributed by atoms with Crippen LogP contribution >= 0.6 is 11.6 Å². The van der Waals surface area contributed by atoms with Crippen LogP contribution in [0.1, 0.15) is 71.2 Å². The number of benzene rings is 2. The van der Waals surface area contributed by atoms with Gasteiger partial charge in [0.15, 0.2) is 0 Å². The van der Waals surface area contributed by atoms with Crippen LogP contribution < -0.4 is 4.74 Å². The fourth-order valence-electron chi connectivity index (χ4n) is 6.29. The topological polar surface area (TPSA) is 89.7 Å². The van der Waals surface area contributed by atoms with Crippen molar-refractivity contribution in [3.05, 3.63) is 88.0 Å². The molecule has 0 spiro atoms. The second-order valence-corrected chi connectivity index (χ2v) is 12.6. The Kier molecular flexibility index (Phi) is 8.08. The number of aromatic carboxylic acids is 1. The Morgan fingerprint density at radius 2 is 1.81 bits per heavy atom. The molecule has 0 bridgehead atoms. The maximum Gasteiger partial charge on any atom is 0.335 e. The Hall–Kier alpha value is -3.46. The van der Waals surface area contributed by atoms with Crippen LogP contribution in [0.5, 0.6) is 5.75 Å². The molecule has 0 amide bonds. The number of rotatable bonds is 11. The zero-order valence-electron chi connectivity index (χ0n) is 24.3. The van der Waals surface area contributed by atoms with Gasteiger partial charge in [0.1, 0.15) is 18.2 Å². The molecule has 2 aliphatic heterocycles. The van der Waals surface area contributed by atoms with Crippen molar-refractivity contribution in [1.29, 1.82) is 0 Å². The quantitative estimate of drug-likeness (QED) is 0.211. The van der Waals surface area contributed by atoms with Gasteiger partial charge in [0.05, 0.1) is 46.5 Å². The number of nitrogens with zero attached hydrogens (tertiary/aromatic N) is 4. The number of hydrogen-bond donors (Lipinski definition) is 1. The molecular formula is C34H37ClN4O4. The first-order chi connectivity index (χ1) is 21.0. The molecule has 2 aromatic carbocycles. The fraction of sp³-hybridized carbons (Fsp3) is 0.441. The van der Waals surface area contributed by atoms with Crippen LogP contribution in [-0.4, -0.2) is 56.3 Å². The third-order valence-corrected chi connectivity index (χ3v) is 9.36. The molecule has 43 heavy (non-hydrogen) atoms. The molecule has 3 aliphatic rings. The van der Waals surface area contributed by atoms with E-state index in [1.165, 1.54) is 18.4 Å². The summed E-state index contributed by atoms with van der Waals surface area (Å²) in [6.07, 6.45) is 6.83. The summed E-state index contributed by atoms with van der Waals surface area (Å²) in [6, 6.07) is 17.5. The van der Waals surface area contributed by atoms with Crippen LogP contribution in [-0.2, 0) is 30.9 Å². The largest absolute Gasteiger partial charge is 0.486 e. The molecule has 1 saturated carbocycles. The first-order valence-corrected chi connectivity index (χ1v) is 15.8. The van der Waals surface area contributed by atoms with E-state index in [1.807, 2.05) is 24.3 Å². The second-order valence-electron chi connectivity index (χ2n) is 12.2. The molecule has 3 fully saturated rings. The molecule has 0 unspecified atom stereocenters. The average molecular weight is 601 g/mol. The monoisotopic (exact) mass is 600 g/mol. The van der Waals surface area contributed by atoms with E-state index in [0.717, 1.165) is 80.2 Å². The van der Waals surface area contributed by atoms with Crippen molar-refractivity contribution < 1.29 is 19.4 Å². The van der Waals surface area contributed by atoms with Gasteiger partial charge in [-0.3, -0.25) is 9.88 Å². The van der Waals surface area contributed by atoms with Gasteiger partial charge in [-0.25, -0.2) is 9.78 Å². The number of fused-ring (bicyclic) bond motifs is 1. The Morgan fingerprint density at radius 3 is 2.53 bits per heavy atom. The maximum absolute atomic E-state index is 11.6. The summed E-state index contributed by atoms with van der Waals surface area (Å²) in [7, 11) is 0. The smallest absolute Gasteiger partial charge is 0.335 e. The van der Waals surface area contributed by atoms with Gasteiger partial charge in [-0.2, -0.15) is 0 Å². The van der Waals surface area contributed by atoms with Crippen molar-refractivity contribution in [2.75, 3.05) is 19.7 Å². The van der Waals surface area contributed by atoms with Crippen LogP contribution in [0.15, 0.2) is 54.6 Å². The summed E-state index contributed by atoms with van der Waals surface area (Å²) >= 11 is 6.49. The third-order valence-electron chi connectivity index (χ3n) is 9.07. The molecule has 1 atom stereocenters. The first kappa shape index (κ1) is 28.3. The molecule has 1 aliphatic carbocycles. The van der Waals surface area contributed by atoms with E-state index in [0.29, 0.717) is 35.8 Å². The lowest BCUT2D eigenvalue weighted by molar-refractivity contribution is -0.0592. The highest BCUT2D eigenvalue weighted by Crippen LogP contribution is 2.42. The van der Waals surface area contributed by atoms with E-state index in [9.17, 15) is 9.90 Å². The molecule has 7 rings (SSSR count). The molecule has 2 aromatic heterocycles. The summed E-state index contributed by atoms with van der Waals surface area (Å²) in [5.41, 5.74) is 5.31. The van der Waals surface area contributed by atoms with Crippen LogP contribution in [0.4, 0.5) is 0 Å². The van der Waals surface area contributed by atoms with Gasteiger partial charge < -0.3 is 19.1 Å². The van der Waals surface area contributed by atoms with E-state index < -0.39 is 5.97 Å². The van der Waals surface area contributed by atoms with E-state index in [2.05, 4.69) is 27.7 Å². The lowest BCUT2D eigenvalue weighted by Gasteiger charge is -2.32. The number of imidazole rings is 1. The molecular weight excluding hydrogens is 564 g/mol. The highest BCUT2D eigenvalue weighted by molar-refractivity contribution is 6.32. The normalized spacial score (nSPS) is 19.4. The molecule has 8 nitrogen and oxygen atoms in total. The minimum Gasteiger partial charge on any atom is -0.486 e. The Labute approximate surface area is 256 Å². The fourth-order valence-corrected chi connectivity index (χ4v) is 6.53. The molecule has 4 heterocycles. The molecule has 0 radical (unpaired) electrons. The van der Waals surface area contributed by atoms with Crippen molar-refractivity contribution in [3.8, 4) is 5.75 Å². The summed E-state index contributed by atoms with van der Waals surface area (Å²) in [5, 5.41) is 10.2. The van der Waals surface area contributed by atoms with Crippen molar-refractivity contribution >= 4 is 28.6 Å². The van der Waals surface area contributed by atoms with Gasteiger partial charge in [0, 0.05) is 12.3 Å². The number of aromatic nitrogens is 3. The van der Waals surface area contributed by atoms with Crippen LogP contribution in [0, 0.1) is 5.92 Å². The van der Waals surface area contributed by atoms with Crippen LogP contribution in [0.25, 0.3) is 11.0 Å².